The quantitative estimate of drug-likeness (QED) is 0.800. The van der Waals surface area contributed by atoms with Gasteiger partial charge in [0.2, 0.25) is 0 Å². The lowest BCUT2D eigenvalue weighted by atomic mass is 10.1. The van der Waals surface area contributed by atoms with Crippen LogP contribution in [0.3, 0.4) is 0 Å². The maximum Gasteiger partial charge on any atom is 0.101 e. The fourth-order valence-corrected chi connectivity index (χ4v) is 1.96. The summed E-state index contributed by atoms with van der Waals surface area (Å²) >= 11 is 0. The van der Waals surface area contributed by atoms with Gasteiger partial charge in [0.1, 0.15) is 5.84 Å². The highest BCUT2D eigenvalue weighted by atomic mass is 15.0. The Morgan fingerprint density at radius 2 is 2.18 bits per heavy atom. The van der Waals surface area contributed by atoms with Gasteiger partial charge < -0.3 is 5.32 Å². The van der Waals surface area contributed by atoms with Crippen LogP contribution in [0.25, 0.3) is 0 Å². The smallest absolute Gasteiger partial charge is 0.101 e. The Bertz CT molecular complexity index is 469. The molecule has 1 aliphatic rings. The van der Waals surface area contributed by atoms with Gasteiger partial charge in [0.25, 0.3) is 0 Å². The molecule has 0 radical (unpaired) electrons. The minimum Gasteiger partial charge on any atom is -0.344 e. The highest BCUT2D eigenvalue weighted by Gasteiger charge is 2.06. The zero-order valence-electron chi connectivity index (χ0n) is 10.2. The molecule has 88 valence electrons. The fourth-order valence-electron chi connectivity index (χ4n) is 1.96. The maximum absolute atomic E-state index is 8.90. The third-order valence-electron chi connectivity index (χ3n) is 3.02. The van der Waals surface area contributed by atoms with E-state index in [1.54, 1.807) is 0 Å². The van der Waals surface area contributed by atoms with Crippen molar-refractivity contribution in [2.24, 2.45) is 4.99 Å². The van der Waals surface area contributed by atoms with Crippen LogP contribution in [0.15, 0.2) is 23.2 Å². The van der Waals surface area contributed by atoms with E-state index >= 15 is 0 Å². The zero-order chi connectivity index (χ0) is 12.1. The average molecular weight is 227 g/mol. The van der Waals surface area contributed by atoms with Crippen molar-refractivity contribution in [3.63, 3.8) is 0 Å². The minimum atomic E-state index is 0.687. The molecule has 1 aliphatic heterocycles. The Kier molecular flexibility index (Phi) is 3.77. The van der Waals surface area contributed by atoms with E-state index in [0.29, 0.717) is 5.56 Å². The molecule has 2 rings (SSSR count). The second-order valence-corrected chi connectivity index (χ2v) is 4.41. The number of benzene rings is 1. The number of nitrogens with zero attached hydrogens (tertiary/aromatic N) is 2. The predicted molar refractivity (Wildman–Crippen MR) is 70.3 cm³/mol. The van der Waals surface area contributed by atoms with Crippen LogP contribution < -0.4 is 5.32 Å². The van der Waals surface area contributed by atoms with E-state index in [0.717, 1.165) is 30.1 Å². The van der Waals surface area contributed by atoms with Crippen molar-refractivity contribution in [1.29, 1.82) is 5.26 Å². The van der Waals surface area contributed by atoms with Crippen LogP contribution in [0, 0.1) is 18.3 Å². The molecule has 0 bridgehead atoms. The Morgan fingerprint density at radius 1 is 1.29 bits per heavy atom. The molecule has 1 heterocycles. The standard InChI is InChI=1S/C14H17N3/c1-11-6-7-12(10-15)9-13(11)17-14-5-3-2-4-8-16-14/h6-7,9H,2-5,8H2,1H3,(H,16,17). The average Bonchev–Trinajstić information content (AvgIpc) is 2.60. The molecule has 0 aliphatic carbocycles. The summed E-state index contributed by atoms with van der Waals surface area (Å²) in [5, 5.41) is 12.3. The third-order valence-corrected chi connectivity index (χ3v) is 3.02. The predicted octanol–water partition coefficient (Wildman–Crippen LogP) is 3.25. The molecule has 0 saturated heterocycles. The lowest BCUT2D eigenvalue weighted by molar-refractivity contribution is 0.731. The number of nitriles is 1. The summed E-state index contributed by atoms with van der Waals surface area (Å²) in [6, 6.07) is 7.87. The van der Waals surface area contributed by atoms with Gasteiger partial charge >= 0.3 is 0 Å². The first-order valence-corrected chi connectivity index (χ1v) is 6.11. The molecule has 1 aromatic rings. The number of aliphatic imine (C=N–C) groups is 1. The number of aryl methyl sites for hydroxylation is 1. The monoisotopic (exact) mass is 227 g/mol. The largest absolute Gasteiger partial charge is 0.344 e. The van der Waals surface area contributed by atoms with Gasteiger partial charge in [-0.2, -0.15) is 5.26 Å². The van der Waals surface area contributed by atoms with E-state index in [1.807, 2.05) is 25.1 Å². The number of rotatable bonds is 1. The molecule has 3 heteroatoms. The Morgan fingerprint density at radius 3 is 3.00 bits per heavy atom. The van der Waals surface area contributed by atoms with E-state index in [-0.39, 0.29) is 0 Å². The molecule has 0 unspecified atom stereocenters. The second kappa shape index (κ2) is 5.49. The molecule has 0 fully saturated rings. The number of nitrogens with one attached hydrogen (secondary N) is 1. The van der Waals surface area contributed by atoms with Crippen molar-refractivity contribution in [2.75, 3.05) is 11.9 Å². The van der Waals surface area contributed by atoms with Gasteiger partial charge in [-0.25, -0.2) is 0 Å². The summed E-state index contributed by atoms with van der Waals surface area (Å²) in [4.78, 5) is 4.54. The number of anilines is 1. The molecule has 0 saturated carbocycles. The molecule has 0 aromatic heterocycles. The molecule has 3 nitrogen and oxygen atoms in total. The Labute approximate surface area is 102 Å². The summed E-state index contributed by atoms with van der Waals surface area (Å²) in [6.45, 7) is 2.96. The first-order valence-electron chi connectivity index (χ1n) is 6.11. The maximum atomic E-state index is 8.90. The van der Waals surface area contributed by atoms with Crippen molar-refractivity contribution in [3.05, 3.63) is 29.3 Å². The molecule has 1 aromatic carbocycles. The van der Waals surface area contributed by atoms with Crippen molar-refractivity contribution in [2.45, 2.75) is 32.6 Å². The molecule has 0 spiro atoms. The minimum absolute atomic E-state index is 0.687. The van der Waals surface area contributed by atoms with Gasteiger partial charge in [0.05, 0.1) is 11.6 Å². The molecular formula is C14H17N3. The van der Waals surface area contributed by atoms with Crippen LogP contribution in [0.5, 0.6) is 0 Å². The van der Waals surface area contributed by atoms with Crippen LogP contribution >= 0.6 is 0 Å². The summed E-state index contributed by atoms with van der Waals surface area (Å²) in [6.07, 6.45) is 4.65. The Hall–Kier alpha value is -1.82. The summed E-state index contributed by atoms with van der Waals surface area (Å²) in [5.41, 5.74) is 2.84. The summed E-state index contributed by atoms with van der Waals surface area (Å²) in [7, 11) is 0. The van der Waals surface area contributed by atoms with Crippen LogP contribution in [-0.2, 0) is 0 Å². The molecule has 0 atom stereocenters. The Balaban J connectivity index is 2.17. The number of amidine groups is 1. The first kappa shape index (κ1) is 11.7. The van der Waals surface area contributed by atoms with E-state index in [1.165, 1.54) is 19.3 Å². The highest BCUT2D eigenvalue weighted by Crippen LogP contribution is 2.18. The first-order chi connectivity index (χ1) is 8.29. The van der Waals surface area contributed by atoms with Crippen molar-refractivity contribution < 1.29 is 0 Å². The van der Waals surface area contributed by atoms with Gasteiger partial charge in [0, 0.05) is 18.7 Å². The van der Waals surface area contributed by atoms with E-state index in [4.69, 9.17) is 5.26 Å². The van der Waals surface area contributed by atoms with Crippen LogP contribution in [-0.4, -0.2) is 12.4 Å². The van der Waals surface area contributed by atoms with Gasteiger partial charge in [-0.15, -0.1) is 0 Å². The van der Waals surface area contributed by atoms with Crippen molar-refractivity contribution in [1.82, 2.24) is 0 Å². The van der Waals surface area contributed by atoms with E-state index < -0.39 is 0 Å². The van der Waals surface area contributed by atoms with Gasteiger partial charge in [-0.3, -0.25) is 4.99 Å². The molecular weight excluding hydrogens is 210 g/mol. The SMILES string of the molecule is Cc1ccc(C#N)cc1NC1=NCCCCC1. The summed E-state index contributed by atoms with van der Waals surface area (Å²) in [5.74, 6) is 1.06. The lowest BCUT2D eigenvalue weighted by Crippen LogP contribution is -2.12. The molecule has 1 N–H and O–H groups in total. The van der Waals surface area contributed by atoms with Gasteiger partial charge in [0.15, 0.2) is 0 Å². The normalized spacial score (nSPS) is 15.6. The highest BCUT2D eigenvalue weighted by molar-refractivity contribution is 5.96. The van der Waals surface area contributed by atoms with Crippen LogP contribution in [0.2, 0.25) is 0 Å². The van der Waals surface area contributed by atoms with Gasteiger partial charge in [-0.05, 0) is 37.5 Å². The van der Waals surface area contributed by atoms with Crippen LogP contribution in [0.4, 0.5) is 5.69 Å². The van der Waals surface area contributed by atoms with Gasteiger partial charge in [-0.1, -0.05) is 12.5 Å². The lowest BCUT2D eigenvalue weighted by Gasteiger charge is -2.11. The topological polar surface area (TPSA) is 48.2 Å². The summed E-state index contributed by atoms with van der Waals surface area (Å²) < 4.78 is 0. The number of hydrogen-bond donors (Lipinski definition) is 1. The zero-order valence-corrected chi connectivity index (χ0v) is 10.2. The third kappa shape index (κ3) is 3.07. The fraction of sp³-hybridized carbons (Fsp3) is 0.429. The second-order valence-electron chi connectivity index (χ2n) is 4.41. The van der Waals surface area contributed by atoms with Crippen LogP contribution in [0.1, 0.15) is 36.8 Å². The van der Waals surface area contributed by atoms with E-state index in [2.05, 4.69) is 16.4 Å². The van der Waals surface area contributed by atoms with E-state index in [9.17, 15) is 0 Å². The molecule has 0 amide bonds. The molecule has 17 heavy (non-hydrogen) atoms. The van der Waals surface area contributed by atoms with Crippen molar-refractivity contribution in [3.8, 4) is 6.07 Å². The van der Waals surface area contributed by atoms with Crippen molar-refractivity contribution >= 4 is 11.5 Å². The number of hydrogen-bond acceptors (Lipinski definition) is 3.